The van der Waals surface area contributed by atoms with E-state index in [9.17, 15) is 18.7 Å². The van der Waals surface area contributed by atoms with Gasteiger partial charge in [-0.05, 0) is 24.1 Å². The molecule has 4 nitrogen and oxygen atoms in total. The van der Waals surface area contributed by atoms with Crippen molar-refractivity contribution in [2.75, 3.05) is 6.61 Å². The van der Waals surface area contributed by atoms with Crippen LogP contribution in [0.15, 0.2) is 24.4 Å². The van der Waals surface area contributed by atoms with E-state index >= 15 is 0 Å². The van der Waals surface area contributed by atoms with Gasteiger partial charge in [0, 0.05) is 5.56 Å². The molecule has 0 saturated heterocycles. The van der Waals surface area contributed by atoms with Gasteiger partial charge >= 0.3 is 5.97 Å². The maximum atomic E-state index is 13.2. The van der Waals surface area contributed by atoms with Gasteiger partial charge in [0.2, 0.25) is 0 Å². The largest absolute Gasteiger partial charge is 0.505 e. The second-order valence-corrected chi connectivity index (χ2v) is 3.96. The topological polar surface area (TPSA) is 72.5 Å². The summed E-state index contributed by atoms with van der Waals surface area (Å²) in [6.45, 7) is 5.35. The van der Waals surface area contributed by atoms with Crippen molar-refractivity contribution < 1.29 is 23.4 Å². The number of esters is 1. The Bertz CT molecular complexity index is 568. The van der Waals surface area contributed by atoms with Crippen LogP contribution in [0.5, 0.6) is 0 Å². The van der Waals surface area contributed by atoms with Crippen LogP contribution in [-0.4, -0.2) is 17.7 Å². The maximum Gasteiger partial charge on any atom is 0.358 e. The van der Waals surface area contributed by atoms with Gasteiger partial charge in [0.15, 0.2) is 23.1 Å². The van der Waals surface area contributed by atoms with Crippen LogP contribution < -0.4 is 5.73 Å². The zero-order chi connectivity index (χ0) is 15.3. The molecule has 0 aromatic heterocycles. The third-order valence-corrected chi connectivity index (χ3v) is 2.48. The Morgan fingerprint density at radius 2 is 2.05 bits per heavy atom. The lowest BCUT2D eigenvalue weighted by Crippen LogP contribution is -2.18. The van der Waals surface area contributed by atoms with E-state index < -0.39 is 29.1 Å². The molecule has 1 aromatic rings. The molecule has 0 atom stereocenters. The quantitative estimate of drug-likeness (QED) is 0.495. The Balaban J connectivity index is 3.25. The summed E-state index contributed by atoms with van der Waals surface area (Å²) in [6.07, 6.45) is 1.79. The number of hydrogen-bond acceptors (Lipinski definition) is 4. The van der Waals surface area contributed by atoms with E-state index in [1.54, 1.807) is 6.92 Å². The summed E-state index contributed by atoms with van der Waals surface area (Å²) in [5.41, 5.74) is 4.84. The number of ether oxygens (including phenoxy) is 1. The van der Waals surface area contributed by atoms with Crippen LogP contribution in [0, 0.1) is 11.6 Å². The Hall–Kier alpha value is -2.37. The molecule has 0 heterocycles. The monoisotopic (exact) mass is 283 g/mol. The molecule has 0 bridgehead atoms. The highest BCUT2D eigenvalue weighted by molar-refractivity contribution is 5.95. The average Bonchev–Trinajstić information content (AvgIpc) is 2.45. The van der Waals surface area contributed by atoms with E-state index in [2.05, 4.69) is 6.58 Å². The maximum absolute atomic E-state index is 13.2. The lowest BCUT2D eigenvalue weighted by molar-refractivity contribution is -0.139. The van der Waals surface area contributed by atoms with Crippen molar-refractivity contribution in [2.24, 2.45) is 5.73 Å². The minimum atomic E-state index is -1.17. The summed E-state index contributed by atoms with van der Waals surface area (Å²) in [7, 11) is 0. The van der Waals surface area contributed by atoms with Crippen molar-refractivity contribution in [1.82, 2.24) is 0 Å². The van der Waals surface area contributed by atoms with Crippen LogP contribution in [0.4, 0.5) is 8.78 Å². The Kier molecular flexibility index (Phi) is 5.25. The summed E-state index contributed by atoms with van der Waals surface area (Å²) in [5.74, 6) is -3.88. The first-order valence-corrected chi connectivity index (χ1v) is 5.90. The summed E-state index contributed by atoms with van der Waals surface area (Å²) >= 11 is 0. The summed E-state index contributed by atoms with van der Waals surface area (Å²) < 4.78 is 31.1. The molecule has 0 saturated carbocycles. The van der Waals surface area contributed by atoms with Crippen molar-refractivity contribution >= 4 is 17.8 Å². The zero-order valence-corrected chi connectivity index (χ0v) is 11.0. The molecule has 0 unspecified atom stereocenters. The van der Waals surface area contributed by atoms with Crippen LogP contribution in [0.25, 0.3) is 11.8 Å². The third kappa shape index (κ3) is 3.34. The zero-order valence-electron chi connectivity index (χ0n) is 11.0. The van der Waals surface area contributed by atoms with Gasteiger partial charge < -0.3 is 15.6 Å². The molecule has 0 spiro atoms. The van der Waals surface area contributed by atoms with E-state index in [1.807, 2.05) is 0 Å². The molecule has 0 radical (unpaired) electrons. The number of nitrogens with two attached hydrogens (primary N) is 1. The van der Waals surface area contributed by atoms with Gasteiger partial charge in [-0.25, -0.2) is 13.6 Å². The predicted octanol–water partition coefficient (Wildman–Crippen LogP) is 2.75. The fourth-order valence-electron chi connectivity index (χ4n) is 1.45. The Morgan fingerprint density at radius 3 is 2.60 bits per heavy atom. The van der Waals surface area contributed by atoms with Gasteiger partial charge in [0.25, 0.3) is 0 Å². The van der Waals surface area contributed by atoms with E-state index in [-0.39, 0.29) is 17.7 Å². The smallest absolute Gasteiger partial charge is 0.358 e. The van der Waals surface area contributed by atoms with Gasteiger partial charge in [-0.1, -0.05) is 19.6 Å². The highest BCUT2D eigenvalue weighted by atomic mass is 19.2. The van der Waals surface area contributed by atoms with E-state index in [1.165, 1.54) is 6.08 Å². The van der Waals surface area contributed by atoms with Crippen molar-refractivity contribution in [3.63, 3.8) is 0 Å². The molecule has 0 aliphatic carbocycles. The number of hydrogen-bond donors (Lipinski definition) is 2. The predicted molar refractivity (Wildman–Crippen MR) is 71.4 cm³/mol. The molecule has 20 heavy (non-hydrogen) atoms. The number of carbonyl (C=O) groups is 1. The third-order valence-electron chi connectivity index (χ3n) is 2.48. The molecule has 108 valence electrons. The first-order chi connectivity index (χ1) is 9.42. The van der Waals surface area contributed by atoms with Gasteiger partial charge in [-0.3, -0.25) is 0 Å². The van der Waals surface area contributed by atoms with Crippen LogP contribution >= 0.6 is 0 Å². The number of aliphatic hydroxyl groups is 1. The fourth-order valence-corrected chi connectivity index (χ4v) is 1.45. The van der Waals surface area contributed by atoms with Crippen molar-refractivity contribution in [3.8, 4) is 0 Å². The standard InChI is InChI=1S/C14H15F2NO3/c1-3-5-20-14(19)12(17)13(18)9-7-11(16)10(15)6-8(9)4-2/h4,6-7,18H,2-3,5,17H2,1H3/b13-12-. The molecule has 0 fully saturated rings. The van der Waals surface area contributed by atoms with Gasteiger partial charge in [0.1, 0.15) is 0 Å². The highest BCUT2D eigenvalue weighted by Gasteiger charge is 2.18. The molecule has 1 aromatic carbocycles. The molecule has 0 aliphatic rings. The fraction of sp³-hybridized carbons (Fsp3) is 0.214. The molecule has 0 amide bonds. The lowest BCUT2D eigenvalue weighted by atomic mass is 10.0. The Labute approximate surface area is 115 Å². The van der Waals surface area contributed by atoms with E-state index in [0.29, 0.717) is 6.42 Å². The average molecular weight is 283 g/mol. The second kappa shape index (κ2) is 6.70. The summed E-state index contributed by atoms with van der Waals surface area (Å²) in [4.78, 5) is 11.5. The first-order valence-electron chi connectivity index (χ1n) is 5.90. The highest BCUT2D eigenvalue weighted by Crippen LogP contribution is 2.23. The number of carbonyl (C=O) groups excluding carboxylic acids is 1. The van der Waals surface area contributed by atoms with Crippen LogP contribution in [0.2, 0.25) is 0 Å². The van der Waals surface area contributed by atoms with Crippen molar-refractivity contribution in [1.29, 1.82) is 0 Å². The lowest BCUT2D eigenvalue weighted by Gasteiger charge is -2.09. The van der Waals surface area contributed by atoms with Gasteiger partial charge in [0.05, 0.1) is 6.61 Å². The van der Waals surface area contributed by atoms with Crippen molar-refractivity contribution in [2.45, 2.75) is 13.3 Å². The van der Waals surface area contributed by atoms with E-state index in [4.69, 9.17) is 10.5 Å². The first kappa shape index (κ1) is 15.7. The molecule has 6 heteroatoms. The molecule has 1 rings (SSSR count). The van der Waals surface area contributed by atoms with Crippen LogP contribution in [-0.2, 0) is 9.53 Å². The summed E-state index contributed by atoms with van der Waals surface area (Å²) in [6, 6.07) is 1.58. The van der Waals surface area contributed by atoms with Crippen LogP contribution in [0.3, 0.4) is 0 Å². The number of halogens is 2. The number of aliphatic hydroxyl groups excluding tert-OH is 1. The van der Waals surface area contributed by atoms with E-state index in [0.717, 1.165) is 12.1 Å². The molecule has 0 aliphatic heterocycles. The SMILES string of the molecule is C=Cc1cc(F)c(F)cc1/C(O)=C(/N)C(=O)OCCC. The number of rotatable bonds is 5. The summed E-state index contributed by atoms with van der Waals surface area (Å²) in [5, 5.41) is 9.90. The minimum Gasteiger partial charge on any atom is -0.505 e. The minimum absolute atomic E-state index is 0.104. The van der Waals surface area contributed by atoms with Gasteiger partial charge in [-0.15, -0.1) is 0 Å². The Morgan fingerprint density at radius 1 is 1.45 bits per heavy atom. The van der Waals surface area contributed by atoms with Gasteiger partial charge in [-0.2, -0.15) is 0 Å². The number of benzene rings is 1. The van der Waals surface area contributed by atoms with Crippen molar-refractivity contribution in [3.05, 3.63) is 47.2 Å². The molecular weight excluding hydrogens is 268 g/mol. The molecular formula is C14H15F2NO3. The normalized spacial score (nSPS) is 11.8. The second-order valence-electron chi connectivity index (χ2n) is 3.96. The molecule has 3 N–H and O–H groups in total. The van der Waals surface area contributed by atoms with Crippen LogP contribution in [0.1, 0.15) is 24.5 Å².